The van der Waals surface area contributed by atoms with Crippen molar-refractivity contribution < 1.29 is 22.7 Å². The number of piperazine rings is 1. The molecule has 1 aliphatic heterocycles. The number of amides is 1. The largest absolute Gasteiger partial charge is 0.493 e. The number of sulfone groups is 1. The van der Waals surface area contributed by atoms with Gasteiger partial charge in [-0.1, -0.05) is 0 Å². The van der Waals surface area contributed by atoms with Gasteiger partial charge in [-0.05, 0) is 26.0 Å². The number of carbonyl (C=O) groups excluding carboxylic acids is 1. The van der Waals surface area contributed by atoms with Crippen molar-refractivity contribution in [3.05, 3.63) is 18.2 Å². The van der Waals surface area contributed by atoms with E-state index in [2.05, 4.69) is 5.32 Å². The van der Waals surface area contributed by atoms with Crippen molar-refractivity contribution in [3.63, 3.8) is 0 Å². The second-order valence-corrected chi connectivity index (χ2v) is 8.46. The molecular formula is C17H27ClN2O5S. The first-order valence-corrected chi connectivity index (χ1v) is 9.90. The number of hydrogen-bond acceptors (Lipinski definition) is 6. The van der Waals surface area contributed by atoms with E-state index in [-0.39, 0.29) is 47.5 Å². The van der Waals surface area contributed by atoms with Crippen LogP contribution in [-0.4, -0.2) is 64.4 Å². The molecule has 1 heterocycles. The van der Waals surface area contributed by atoms with Crippen LogP contribution in [-0.2, 0) is 14.6 Å². The second kappa shape index (κ2) is 9.43. The van der Waals surface area contributed by atoms with Crippen LogP contribution in [0.15, 0.2) is 23.1 Å². The van der Waals surface area contributed by atoms with E-state index in [0.29, 0.717) is 24.6 Å². The molecule has 2 rings (SSSR count). The van der Waals surface area contributed by atoms with Crippen molar-refractivity contribution in [2.75, 3.05) is 33.1 Å². The highest BCUT2D eigenvalue weighted by atomic mass is 35.5. The van der Waals surface area contributed by atoms with Crippen molar-refractivity contribution in [1.82, 2.24) is 10.2 Å². The zero-order valence-electron chi connectivity index (χ0n) is 15.5. The highest BCUT2D eigenvalue weighted by molar-refractivity contribution is 7.91. The van der Waals surface area contributed by atoms with E-state index >= 15 is 0 Å². The highest BCUT2D eigenvalue weighted by Gasteiger charge is 2.26. The van der Waals surface area contributed by atoms with E-state index in [9.17, 15) is 13.2 Å². The van der Waals surface area contributed by atoms with Gasteiger partial charge in [0.05, 0.1) is 24.9 Å². The van der Waals surface area contributed by atoms with Crippen LogP contribution in [0.2, 0.25) is 0 Å². The average molecular weight is 407 g/mol. The van der Waals surface area contributed by atoms with Crippen molar-refractivity contribution in [2.45, 2.75) is 37.2 Å². The minimum atomic E-state index is -3.58. The normalized spacial score (nSPS) is 20.2. The van der Waals surface area contributed by atoms with Crippen molar-refractivity contribution >= 4 is 28.2 Å². The van der Waals surface area contributed by atoms with Crippen LogP contribution in [0, 0.1) is 0 Å². The minimum Gasteiger partial charge on any atom is -0.493 e. The Hall–Kier alpha value is -1.51. The third-order valence-corrected chi connectivity index (χ3v) is 5.92. The summed E-state index contributed by atoms with van der Waals surface area (Å²) in [5.74, 6) is 0.443. The molecule has 1 N–H and O–H groups in total. The van der Waals surface area contributed by atoms with Crippen LogP contribution >= 0.6 is 12.4 Å². The van der Waals surface area contributed by atoms with Crippen LogP contribution in [0.1, 0.15) is 20.3 Å². The van der Waals surface area contributed by atoms with Gasteiger partial charge in [-0.2, -0.15) is 0 Å². The summed E-state index contributed by atoms with van der Waals surface area (Å²) in [6.07, 6.45) is -0.0316. The fraction of sp³-hybridized carbons (Fsp3) is 0.588. The fourth-order valence-corrected chi connectivity index (χ4v) is 4.28. The molecule has 0 spiro atoms. The number of methoxy groups -OCH3 is 2. The lowest BCUT2D eigenvalue weighted by atomic mass is 10.1. The zero-order valence-corrected chi connectivity index (χ0v) is 17.2. The lowest BCUT2D eigenvalue weighted by Crippen LogP contribution is -2.56. The molecule has 1 amide bonds. The van der Waals surface area contributed by atoms with Gasteiger partial charge in [0.25, 0.3) is 0 Å². The van der Waals surface area contributed by atoms with Gasteiger partial charge in [-0.25, -0.2) is 8.42 Å². The van der Waals surface area contributed by atoms with E-state index < -0.39 is 9.84 Å². The average Bonchev–Trinajstić information content (AvgIpc) is 2.58. The third-order valence-electron chi connectivity index (χ3n) is 4.21. The van der Waals surface area contributed by atoms with Gasteiger partial charge in [0.1, 0.15) is 0 Å². The number of hydrogen-bond donors (Lipinski definition) is 1. The Morgan fingerprint density at radius 3 is 2.27 bits per heavy atom. The van der Waals surface area contributed by atoms with E-state index in [4.69, 9.17) is 9.47 Å². The van der Waals surface area contributed by atoms with Gasteiger partial charge < -0.3 is 19.7 Å². The third kappa shape index (κ3) is 5.49. The Morgan fingerprint density at radius 2 is 1.73 bits per heavy atom. The smallest absolute Gasteiger partial charge is 0.223 e. The molecular weight excluding hydrogens is 380 g/mol. The number of rotatable bonds is 6. The molecule has 1 fully saturated rings. The van der Waals surface area contributed by atoms with E-state index in [1.165, 1.54) is 26.4 Å². The summed E-state index contributed by atoms with van der Waals surface area (Å²) in [7, 11) is -0.642. The predicted octanol–water partition coefficient (Wildman–Crippen LogP) is 1.50. The quantitative estimate of drug-likeness (QED) is 0.770. The van der Waals surface area contributed by atoms with Crippen LogP contribution in [0.25, 0.3) is 0 Å². The molecule has 0 aliphatic carbocycles. The first kappa shape index (κ1) is 22.5. The molecule has 0 saturated carbocycles. The van der Waals surface area contributed by atoms with E-state index in [1.54, 1.807) is 11.0 Å². The lowest BCUT2D eigenvalue weighted by Gasteiger charge is -2.36. The molecule has 7 nitrogen and oxygen atoms in total. The summed E-state index contributed by atoms with van der Waals surface area (Å²) in [6.45, 7) is 5.21. The monoisotopic (exact) mass is 406 g/mol. The Labute approximate surface area is 161 Å². The summed E-state index contributed by atoms with van der Waals surface area (Å²) in [6, 6.07) is 4.85. The molecule has 0 radical (unpaired) electrons. The van der Waals surface area contributed by atoms with Gasteiger partial charge >= 0.3 is 0 Å². The highest BCUT2D eigenvalue weighted by Crippen LogP contribution is 2.30. The number of halogens is 1. The summed E-state index contributed by atoms with van der Waals surface area (Å²) < 4.78 is 35.3. The van der Waals surface area contributed by atoms with Crippen LogP contribution in [0.4, 0.5) is 0 Å². The molecule has 9 heteroatoms. The molecule has 0 bridgehead atoms. The molecule has 1 saturated heterocycles. The number of ether oxygens (including phenoxy) is 2. The van der Waals surface area contributed by atoms with Gasteiger partial charge in [-0.3, -0.25) is 4.79 Å². The maximum absolute atomic E-state index is 12.5. The molecule has 1 aliphatic rings. The number of nitrogens with one attached hydrogen (secondary N) is 1. The first-order chi connectivity index (χ1) is 11.8. The molecule has 2 atom stereocenters. The molecule has 1 aromatic rings. The Bertz CT molecular complexity index is 716. The summed E-state index contributed by atoms with van der Waals surface area (Å²) in [4.78, 5) is 14.2. The first-order valence-electron chi connectivity index (χ1n) is 8.25. The number of nitrogens with zero attached hydrogens (tertiary/aromatic N) is 1. The maximum Gasteiger partial charge on any atom is 0.223 e. The van der Waals surface area contributed by atoms with Gasteiger partial charge in [0, 0.05) is 37.7 Å². The van der Waals surface area contributed by atoms with Crippen molar-refractivity contribution in [1.29, 1.82) is 0 Å². The van der Waals surface area contributed by atoms with Crippen molar-refractivity contribution in [3.8, 4) is 11.5 Å². The molecule has 0 aromatic heterocycles. The van der Waals surface area contributed by atoms with Gasteiger partial charge in [0.15, 0.2) is 21.3 Å². The van der Waals surface area contributed by atoms with Crippen LogP contribution in [0.3, 0.4) is 0 Å². The summed E-state index contributed by atoms with van der Waals surface area (Å²) in [5.41, 5.74) is 0. The lowest BCUT2D eigenvalue weighted by molar-refractivity contribution is -0.132. The molecule has 1 aromatic carbocycles. The minimum absolute atomic E-state index is 0. The second-order valence-electron chi connectivity index (χ2n) is 6.35. The Balaban J connectivity index is 0.00000338. The van der Waals surface area contributed by atoms with Gasteiger partial charge in [-0.15, -0.1) is 12.4 Å². The molecule has 148 valence electrons. The standard InChI is InChI=1S/C17H26N2O5S.ClH/c1-12-10-19(11-13(2)18-12)17(20)7-8-25(21,22)14-5-6-15(23-3)16(9-14)24-4;/h5-6,9,12-13,18H,7-8,10-11H2,1-4H3;1H. The van der Waals surface area contributed by atoms with Crippen LogP contribution < -0.4 is 14.8 Å². The maximum atomic E-state index is 12.5. The Kier molecular flexibility index (Phi) is 8.17. The number of carbonyl (C=O) groups is 1. The van der Waals surface area contributed by atoms with E-state index in [0.717, 1.165) is 0 Å². The SMILES string of the molecule is COc1ccc(S(=O)(=O)CCC(=O)N2CC(C)NC(C)C2)cc1OC.Cl. The zero-order chi connectivity index (χ0) is 18.6. The Morgan fingerprint density at radius 1 is 1.15 bits per heavy atom. The fourth-order valence-electron chi connectivity index (χ4n) is 3.04. The molecule has 2 unspecified atom stereocenters. The molecule has 26 heavy (non-hydrogen) atoms. The topological polar surface area (TPSA) is 84.9 Å². The summed E-state index contributed by atoms with van der Waals surface area (Å²) in [5, 5.41) is 3.35. The van der Waals surface area contributed by atoms with Gasteiger partial charge in [0.2, 0.25) is 5.91 Å². The van der Waals surface area contributed by atoms with E-state index in [1.807, 2.05) is 13.8 Å². The number of benzene rings is 1. The van der Waals surface area contributed by atoms with Crippen molar-refractivity contribution in [2.24, 2.45) is 0 Å². The predicted molar refractivity (Wildman–Crippen MR) is 102 cm³/mol. The summed E-state index contributed by atoms with van der Waals surface area (Å²) >= 11 is 0. The van der Waals surface area contributed by atoms with Crippen LogP contribution in [0.5, 0.6) is 11.5 Å².